The van der Waals surface area contributed by atoms with E-state index in [1.54, 1.807) is 0 Å². The van der Waals surface area contributed by atoms with Crippen LogP contribution in [0.2, 0.25) is 0 Å². The summed E-state index contributed by atoms with van der Waals surface area (Å²) in [6.45, 7) is 2.10. The first kappa shape index (κ1) is 15.9. The number of hydrogen-bond donors (Lipinski definition) is 4. The van der Waals surface area contributed by atoms with Gasteiger partial charge < -0.3 is 21.3 Å². The summed E-state index contributed by atoms with van der Waals surface area (Å²) in [4.78, 5) is 23.3. The van der Waals surface area contributed by atoms with Crippen molar-refractivity contribution in [2.75, 3.05) is 13.2 Å². The number of carbonyl (C=O) groups is 2. The maximum atomic E-state index is 12.3. The molecule has 0 unspecified atom stereocenters. The number of aliphatic carboxylic acids is 1. The van der Waals surface area contributed by atoms with Crippen LogP contribution in [-0.4, -0.2) is 41.3 Å². The Labute approximate surface area is 113 Å². The van der Waals surface area contributed by atoms with Gasteiger partial charge >= 0.3 is 5.97 Å². The van der Waals surface area contributed by atoms with Crippen molar-refractivity contribution in [2.45, 2.75) is 45.1 Å². The normalized spacial score (nSPS) is 28.7. The summed E-state index contributed by atoms with van der Waals surface area (Å²) in [6, 6.07) is -1.04. The Morgan fingerprint density at radius 2 is 2.00 bits per heavy atom. The van der Waals surface area contributed by atoms with E-state index in [-0.39, 0.29) is 25.5 Å². The molecule has 6 nitrogen and oxygen atoms in total. The molecule has 0 spiro atoms. The van der Waals surface area contributed by atoms with E-state index in [4.69, 9.17) is 15.9 Å². The number of amides is 1. The van der Waals surface area contributed by atoms with Crippen molar-refractivity contribution in [1.29, 1.82) is 0 Å². The summed E-state index contributed by atoms with van der Waals surface area (Å²) in [5.74, 6) is -0.832. The zero-order valence-corrected chi connectivity index (χ0v) is 11.4. The maximum Gasteiger partial charge on any atom is 0.326 e. The molecule has 1 amide bonds. The average Bonchev–Trinajstić information content (AvgIpc) is 2.39. The molecule has 0 aromatic heterocycles. The number of rotatable bonds is 6. The zero-order valence-electron chi connectivity index (χ0n) is 11.4. The fourth-order valence-electron chi connectivity index (χ4n) is 2.54. The van der Waals surface area contributed by atoms with Gasteiger partial charge in [0.25, 0.3) is 0 Å². The molecule has 6 heteroatoms. The number of aliphatic hydroxyl groups is 1. The summed E-state index contributed by atoms with van der Waals surface area (Å²) in [5, 5.41) is 20.3. The number of hydrogen-bond acceptors (Lipinski definition) is 4. The standard InChI is InChI=1S/C13H24N2O4/c1-9-2-5-13(8-14,6-3-9)12(19)15-10(4-7-16)11(17)18/h9-10,16H,2-8,14H2,1H3,(H,15,19)(H,17,18)/t9?,10-,13?/m1/s1. The third-order valence-corrected chi connectivity index (χ3v) is 4.12. The lowest BCUT2D eigenvalue weighted by Gasteiger charge is -2.37. The quantitative estimate of drug-likeness (QED) is 0.547. The minimum absolute atomic E-state index is 0.0120. The molecule has 1 rings (SSSR count). The summed E-state index contributed by atoms with van der Waals surface area (Å²) < 4.78 is 0. The van der Waals surface area contributed by atoms with Crippen molar-refractivity contribution in [3.05, 3.63) is 0 Å². The molecule has 1 aliphatic rings. The van der Waals surface area contributed by atoms with Crippen LogP contribution in [0.4, 0.5) is 0 Å². The maximum absolute atomic E-state index is 12.3. The van der Waals surface area contributed by atoms with E-state index in [1.165, 1.54) is 0 Å². The van der Waals surface area contributed by atoms with Gasteiger partial charge in [-0.2, -0.15) is 0 Å². The van der Waals surface area contributed by atoms with E-state index in [2.05, 4.69) is 12.2 Å². The average molecular weight is 272 g/mol. The zero-order chi connectivity index (χ0) is 14.5. The topological polar surface area (TPSA) is 113 Å². The number of carboxylic acid groups (broad SMARTS) is 1. The molecule has 0 aromatic carbocycles. The van der Waals surface area contributed by atoms with Crippen LogP contribution in [0.25, 0.3) is 0 Å². The van der Waals surface area contributed by atoms with Gasteiger partial charge in [-0.1, -0.05) is 6.92 Å². The van der Waals surface area contributed by atoms with Crippen molar-refractivity contribution >= 4 is 11.9 Å². The molecule has 0 bridgehead atoms. The second-order valence-electron chi connectivity index (χ2n) is 5.54. The van der Waals surface area contributed by atoms with E-state index in [9.17, 15) is 9.59 Å². The predicted octanol–water partition coefficient (Wildman–Crippen LogP) is 0.0934. The second kappa shape index (κ2) is 6.86. The van der Waals surface area contributed by atoms with Crippen molar-refractivity contribution < 1.29 is 19.8 Å². The molecule has 5 N–H and O–H groups in total. The smallest absolute Gasteiger partial charge is 0.326 e. The van der Waals surface area contributed by atoms with Gasteiger partial charge in [0.1, 0.15) is 6.04 Å². The van der Waals surface area contributed by atoms with Gasteiger partial charge in [0.2, 0.25) is 5.91 Å². The monoisotopic (exact) mass is 272 g/mol. The van der Waals surface area contributed by atoms with Crippen molar-refractivity contribution in [3.63, 3.8) is 0 Å². The predicted molar refractivity (Wildman–Crippen MR) is 70.4 cm³/mol. The third-order valence-electron chi connectivity index (χ3n) is 4.12. The van der Waals surface area contributed by atoms with Crippen LogP contribution in [0.1, 0.15) is 39.0 Å². The van der Waals surface area contributed by atoms with Crippen LogP contribution in [0.3, 0.4) is 0 Å². The van der Waals surface area contributed by atoms with Crippen LogP contribution in [0, 0.1) is 11.3 Å². The number of nitrogens with two attached hydrogens (primary N) is 1. The highest BCUT2D eigenvalue weighted by atomic mass is 16.4. The highest BCUT2D eigenvalue weighted by Gasteiger charge is 2.41. The molecule has 0 radical (unpaired) electrons. The third kappa shape index (κ3) is 3.91. The van der Waals surface area contributed by atoms with Crippen LogP contribution in [0.5, 0.6) is 0 Å². The van der Waals surface area contributed by atoms with E-state index in [0.29, 0.717) is 18.8 Å². The van der Waals surface area contributed by atoms with Crippen molar-refractivity contribution in [1.82, 2.24) is 5.32 Å². The molecule has 1 atom stereocenters. The van der Waals surface area contributed by atoms with Crippen LogP contribution < -0.4 is 11.1 Å². The van der Waals surface area contributed by atoms with Gasteiger partial charge in [0.15, 0.2) is 0 Å². The highest BCUT2D eigenvalue weighted by Crippen LogP contribution is 2.38. The summed E-state index contributed by atoms with van der Waals surface area (Å²) in [7, 11) is 0. The van der Waals surface area contributed by atoms with E-state index in [0.717, 1.165) is 12.8 Å². The van der Waals surface area contributed by atoms with Crippen LogP contribution in [-0.2, 0) is 9.59 Å². The summed E-state index contributed by atoms with van der Waals surface area (Å²) in [5.41, 5.74) is 5.11. The summed E-state index contributed by atoms with van der Waals surface area (Å²) >= 11 is 0. The first-order valence-electron chi connectivity index (χ1n) is 6.80. The van der Waals surface area contributed by atoms with E-state index < -0.39 is 17.4 Å². The lowest BCUT2D eigenvalue weighted by molar-refractivity contribution is -0.145. The lowest BCUT2D eigenvalue weighted by Crippen LogP contribution is -2.52. The molecule has 0 aliphatic heterocycles. The van der Waals surface area contributed by atoms with Crippen LogP contribution in [0.15, 0.2) is 0 Å². The molecular weight excluding hydrogens is 248 g/mol. The van der Waals surface area contributed by atoms with Gasteiger partial charge in [0.05, 0.1) is 5.41 Å². The highest BCUT2D eigenvalue weighted by molar-refractivity contribution is 5.87. The second-order valence-corrected chi connectivity index (χ2v) is 5.54. The van der Waals surface area contributed by atoms with Gasteiger partial charge in [-0.05, 0) is 31.6 Å². The van der Waals surface area contributed by atoms with Gasteiger partial charge in [-0.3, -0.25) is 4.79 Å². The SMILES string of the molecule is CC1CCC(CN)(C(=O)N[C@H](CCO)C(=O)O)CC1. The number of carbonyl (C=O) groups excluding carboxylic acids is 1. The lowest BCUT2D eigenvalue weighted by atomic mass is 9.70. The largest absolute Gasteiger partial charge is 0.480 e. The molecule has 0 aromatic rings. The molecule has 1 saturated carbocycles. The molecule has 1 fully saturated rings. The number of carboxylic acids is 1. The fourth-order valence-corrected chi connectivity index (χ4v) is 2.54. The molecular formula is C13H24N2O4. The Morgan fingerprint density at radius 1 is 1.42 bits per heavy atom. The van der Waals surface area contributed by atoms with Gasteiger partial charge in [0, 0.05) is 19.6 Å². The molecule has 0 saturated heterocycles. The van der Waals surface area contributed by atoms with Crippen molar-refractivity contribution in [2.24, 2.45) is 17.1 Å². The number of aliphatic hydroxyl groups excluding tert-OH is 1. The Balaban J connectivity index is 2.70. The van der Waals surface area contributed by atoms with Crippen LogP contribution >= 0.6 is 0 Å². The Kier molecular flexibility index (Phi) is 5.75. The Bertz CT molecular complexity index is 325. The minimum Gasteiger partial charge on any atom is -0.480 e. The molecule has 110 valence electrons. The van der Waals surface area contributed by atoms with Crippen molar-refractivity contribution in [3.8, 4) is 0 Å². The molecule has 1 aliphatic carbocycles. The van der Waals surface area contributed by atoms with E-state index >= 15 is 0 Å². The van der Waals surface area contributed by atoms with E-state index in [1.807, 2.05) is 0 Å². The minimum atomic E-state index is -1.13. The number of nitrogens with one attached hydrogen (secondary N) is 1. The van der Waals surface area contributed by atoms with Gasteiger partial charge in [-0.15, -0.1) is 0 Å². The Morgan fingerprint density at radius 3 is 2.42 bits per heavy atom. The first-order valence-corrected chi connectivity index (χ1v) is 6.80. The first-order chi connectivity index (χ1) is 8.95. The molecule has 0 heterocycles. The van der Waals surface area contributed by atoms with Gasteiger partial charge in [-0.25, -0.2) is 4.79 Å². The molecule has 19 heavy (non-hydrogen) atoms. The fraction of sp³-hybridized carbons (Fsp3) is 0.846. The summed E-state index contributed by atoms with van der Waals surface area (Å²) in [6.07, 6.45) is 3.27. The Hall–Kier alpha value is -1.14.